The van der Waals surface area contributed by atoms with Gasteiger partial charge in [-0.05, 0) is 19.1 Å². The zero-order chi connectivity index (χ0) is 21.3. The molecular weight excluding hydrogens is 424 g/mol. The SMILES string of the molecule is Cc1nc(C(F)F)c(C(=O)Nc2ccccc2OC(F)(F)C(F)C(F)(F)F)s1. The highest BCUT2D eigenvalue weighted by atomic mass is 32.1. The molecule has 28 heavy (non-hydrogen) atoms. The first-order valence-electron chi connectivity index (χ1n) is 7.26. The summed E-state index contributed by atoms with van der Waals surface area (Å²) in [6.45, 7) is 1.35. The molecule has 1 amide bonds. The third kappa shape index (κ3) is 4.88. The van der Waals surface area contributed by atoms with Gasteiger partial charge in [0.1, 0.15) is 16.3 Å². The molecule has 1 atom stereocenters. The Kier molecular flexibility index (Phi) is 6.16. The minimum Gasteiger partial charge on any atom is -0.428 e. The number of aryl methyl sites for hydroxylation is 1. The molecule has 0 spiro atoms. The standard InChI is InChI=1S/C15H10F8N2O2S/c1-6-24-9(11(16)17)10(28-6)12(26)25-7-4-2-3-5-8(7)27-15(22,23)13(18)14(19,20)21/h2-5,11,13H,1H3,(H,25,26). The predicted octanol–water partition coefficient (Wildman–Crippen LogP) is 5.51. The van der Waals surface area contributed by atoms with Gasteiger partial charge in [-0.2, -0.15) is 22.0 Å². The van der Waals surface area contributed by atoms with E-state index in [-0.39, 0.29) is 5.01 Å². The maximum atomic E-state index is 13.5. The molecule has 0 saturated heterocycles. The highest BCUT2D eigenvalue weighted by Gasteiger charge is 2.59. The van der Waals surface area contributed by atoms with Crippen molar-refractivity contribution >= 4 is 22.9 Å². The van der Waals surface area contributed by atoms with Crippen molar-refractivity contribution in [1.82, 2.24) is 4.98 Å². The van der Waals surface area contributed by atoms with Crippen molar-refractivity contribution < 1.29 is 44.7 Å². The molecule has 0 aliphatic carbocycles. The summed E-state index contributed by atoms with van der Waals surface area (Å²) in [7, 11) is 0. The molecule has 0 aliphatic rings. The van der Waals surface area contributed by atoms with Crippen molar-refractivity contribution in [3.63, 3.8) is 0 Å². The summed E-state index contributed by atoms with van der Waals surface area (Å²) < 4.78 is 106. The number of benzene rings is 1. The molecule has 2 aromatic rings. The Morgan fingerprint density at radius 1 is 1.14 bits per heavy atom. The molecule has 1 heterocycles. The lowest BCUT2D eigenvalue weighted by atomic mass is 10.2. The zero-order valence-corrected chi connectivity index (χ0v) is 14.5. The summed E-state index contributed by atoms with van der Waals surface area (Å²) in [6, 6.07) is 3.98. The van der Waals surface area contributed by atoms with Gasteiger partial charge in [0.15, 0.2) is 0 Å². The van der Waals surface area contributed by atoms with Crippen LogP contribution in [-0.2, 0) is 0 Å². The molecule has 0 radical (unpaired) electrons. The summed E-state index contributed by atoms with van der Waals surface area (Å²) in [5, 5.41) is 2.10. The molecule has 2 rings (SSSR count). The third-order valence-corrected chi connectivity index (χ3v) is 4.12. The molecule has 1 N–H and O–H groups in total. The number of halogens is 8. The van der Waals surface area contributed by atoms with E-state index in [1.807, 2.05) is 5.32 Å². The number of hydrogen-bond donors (Lipinski definition) is 1. The van der Waals surface area contributed by atoms with Crippen LogP contribution in [0.25, 0.3) is 0 Å². The lowest BCUT2D eigenvalue weighted by Gasteiger charge is -2.24. The second-order valence-electron chi connectivity index (χ2n) is 5.27. The van der Waals surface area contributed by atoms with Crippen LogP contribution < -0.4 is 10.1 Å². The van der Waals surface area contributed by atoms with Crippen molar-refractivity contribution in [3.05, 3.63) is 39.8 Å². The zero-order valence-electron chi connectivity index (χ0n) is 13.7. The number of para-hydroxylation sites is 2. The van der Waals surface area contributed by atoms with Gasteiger partial charge in [-0.25, -0.2) is 18.2 Å². The van der Waals surface area contributed by atoms with Crippen molar-refractivity contribution in [2.45, 2.75) is 31.8 Å². The van der Waals surface area contributed by atoms with Crippen LogP contribution in [0, 0.1) is 6.92 Å². The number of alkyl halides is 8. The normalized spacial score (nSPS) is 13.5. The molecule has 4 nitrogen and oxygen atoms in total. The average molecular weight is 434 g/mol. The van der Waals surface area contributed by atoms with E-state index in [0.29, 0.717) is 11.3 Å². The number of nitrogens with one attached hydrogen (secondary N) is 1. The second kappa shape index (κ2) is 7.89. The highest BCUT2D eigenvalue weighted by Crippen LogP contribution is 2.39. The van der Waals surface area contributed by atoms with Crippen LogP contribution >= 0.6 is 11.3 Å². The van der Waals surface area contributed by atoms with Gasteiger partial charge in [0.2, 0.25) is 0 Å². The van der Waals surface area contributed by atoms with Crippen LogP contribution in [0.15, 0.2) is 24.3 Å². The van der Waals surface area contributed by atoms with Gasteiger partial charge in [-0.15, -0.1) is 11.3 Å². The summed E-state index contributed by atoms with van der Waals surface area (Å²) in [4.78, 5) is 15.2. The Balaban J connectivity index is 2.29. The van der Waals surface area contributed by atoms with Crippen molar-refractivity contribution in [2.75, 3.05) is 5.32 Å². The van der Waals surface area contributed by atoms with Gasteiger partial charge >= 0.3 is 12.3 Å². The number of ether oxygens (including phenoxy) is 1. The van der Waals surface area contributed by atoms with Crippen molar-refractivity contribution in [2.24, 2.45) is 0 Å². The lowest BCUT2D eigenvalue weighted by Crippen LogP contribution is -2.45. The molecule has 1 unspecified atom stereocenters. The maximum Gasteiger partial charge on any atom is 0.439 e. The lowest BCUT2D eigenvalue weighted by molar-refractivity contribution is -0.304. The van der Waals surface area contributed by atoms with Crippen LogP contribution in [0.3, 0.4) is 0 Å². The van der Waals surface area contributed by atoms with Gasteiger partial charge in [-0.3, -0.25) is 4.79 Å². The molecule has 0 bridgehead atoms. The predicted molar refractivity (Wildman–Crippen MR) is 82.7 cm³/mol. The molecular formula is C15H10F8N2O2S. The van der Waals surface area contributed by atoms with E-state index < -0.39 is 52.8 Å². The minimum atomic E-state index is -5.89. The maximum absolute atomic E-state index is 13.5. The van der Waals surface area contributed by atoms with Gasteiger partial charge in [0.25, 0.3) is 18.5 Å². The smallest absolute Gasteiger partial charge is 0.428 e. The number of rotatable bonds is 6. The fourth-order valence-corrected chi connectivity index (χ4v) is 2.80. The Morgan fingerprint density at radius 2 is 1.75 bits per heavy atom. The minimum absolute atomic E-state index is 0.127. The number of thiazole rings is 1. The number of amides is 1. The van der Waals surface area contributed by atoms with E-state index in [1.165, 1.54) is 13.0 Å². The summed E-state index contributed by atoms with van der Waals surface area (Å²) >= 11 is 0.596. The van der Waals surface area contributed by atoms with Gasteiger partial charge < -0.3 is 10.1 Å². The Bertz CT molecular complexity index is 853. The van der Waals surface area contributed by atoms with Crippen molar-refractivity contribution in [1.29, 1.82) is 0 Å². The molecule has 1 aromatic heterocycles. The molecule has 154 valence electrons. The van der Waals surface area contributed by atoms with Crippen LogP contribution in [0.5, 0.6) is 5.75 Å². The molecule has 1 aromatic carbocycles. The number of anilines is 1. The number of carbonyl (C=O) groups is 1. The molecule has 0 fully saturated rings. The van der Waals surface area contributed by atoms with E-state index in [4.69, 9.17) is 0 Å². The van der Waals surface area contributed by atoms with Crippen molar-refractivity contribution in [3.8, 4) is 5.75 Å². The van der Waals surface area contributed by atoms with E-state index in [1.54, 1.807) is 0 Å². The number of nitrogens with zero attached hydrogens (tertiary/aromatic N) is 1. The van der Waals surface area contributed by atoms with Crippen LogP contribution in [0.1, 0.15) is 26.8 Å². The van der Waals surface area contributed by atoms with Crippen LogP contribution in [0.2, 0.25) is 0 Å². The highest BCUT2D eigenvalue weighted by molar-refractivity contribution is 7.13. The number of carbonyl (C=O) groups excluding carboxylic acids is 1. The molecule has 0 aliphatic heterocycles. The van der Waals surface area contributed by atoms with E-state index in [2.05, 4.69) is 9.72 Å². The average Bonchev–Trinajstić information content (AvgIpc) is 2.97. The van der Waals surface area contributed by atoms with E-state index in [0.717, 1.165) is 18.2 Å². The van der Waals surface area contributed by atoms with Gasteiger partial charge in [0.05, 0.1) is 10.7 Å². The van der Waals surface area contributed by atoms with E-state index >= 15 is 0 Å². The fourth-order valence-electron chi connectivity index (χ4n) is 1.98. The Labute approximate surface area is 156 Å². The monoisotopic (exact) mass is 434 g/mol. The van der Waals surface area contributed by atoms with Crippen LogP contribution in [-0.4, -0.2) is 29.3 Å². The Morgan fingerprint density at radius 3 is 2.32 bits per heavy atom. The molecule has 13 heteroatoms. The van der Waals surface area contributed by atoms with Gasteiger partial charge in [-0.1, -0.05) is 12.1 Å². The second-order valence-corrected chi connectivity index (χ2v) is 6.47. The Hall–Kier alpha value is -2.44. The summed E-state index contributed by atoms with van der Waals surface area (Å²) in [5.41, 5.74) is -1.42. The van der Waals surface area contributed by atoms with Crippen LogP contribution in [0.4, 0.5) is 40.8 Å². The first-order valence-corrected chi connectivity index (χ1v) is 8.08. The molecule has 0 saturated carbocycles. The quantitative estimate of drug-likeness (QED) is 0.610. The largest absolute Gasteiger partial charge is 0.439 e. The first kappa shape index (κ1) is 21.9. The van der Waals surface area contributed by atoms with E-state index in [9.17, 15) is 39.9 Å². The first-order chi connectivity index (χ1) is 12.8. The summed E-state index contributed by atoms with van der Waals surface area (Å²) in [5.74, 6) is -2.17. The summed E-state index contributed by atoms with van der Waals surface area (Å²) in [6.07, 6.45) is -18.9. The topological polar surface area (TPSA) is 51.2 Å². The number of hydrogen-bond acceptors (Lipinski definition) is 4. The van der Waals surface area contributed by atoms with Gasteiger partial charge in [0, 0.05) is 0 Å². The number of aromatic nitrogens is 1. The third-order valence-electron chi connectivity index (χ3n) is 3.14. The fraction of sp³-hybridized carbons (Fsp3) is 0.333.